The number of guanidine groups is 1. The Balaban J connectivity index is 0.000000443. The molecule has 4 N–H and O–H groups in total. The van der Waals surface area contributed by atoms with Crippen LogP contribution < -0.4 is 15.5 Å². The van der Waals surface area contributed by atoms with Gasteiger partial charge in [0.15, 0.2) is 5.96 Å². The van der Waals surface area contributed by atoms with Crippen LogP contribution >= 0.6 is 0 Å². The van der Waals surface area contributed by atoms with Crippen molar-refractivity contribution >= 4 is 57.7 Å². The first kappa shape index (κ1) is 44.3. The van der Waals surface area contributed by atoms with E-state index in [1.807, 2.05) is 0 Å². The number of rotatable bonds is 10. The number of aryl methyl sites for hydroxylation is 4. The second-order valence-corrected chi connectivity index (χ2v) is 15.1. The number of benzene rings is 4. The van der Waals surface area contributed by atoms with Crippen LogP contribution in [0.15, 0.2) is 97.1 Å². The molecule has 2 heterocycles. The number of nitrogens with one attached hydrogen (secondary N) is 1. The molecule has 0 aliphatic carbocycles. The van der Waals surface area contributed by atoms with E-state index in [4.69, 9.17) is 16.2 Å². The molecule has 0 spiro atoms. The van der Waals surface area contributed by atoms with Crippen LogP contribution in [0.5, 0.6) is 0 Å². The summed E-state index contributed by atoms with van der Waals surface area (Å²) in [5, 5.41) is 14.9. The van der Waals surface area contributed by atoms with Gasteiger partial charge in [-0.05, 0) is 112 Å². The molecular weight excluding hydrogens is 683 g/mol. The molecule has 54 heavy (non-hydrogen) atoms. The van der Waals surface area contributed by atoms with Gasteiger partial charge in [-0.2, -0.15) is 0 Å². The number of carboxylic acids is 1. The molecule has 0 bridgehead atoms. The predicted molar refractivity (Wildman–Crippen MR) is 230 cm³/mol. The summed E-state index contributed by atoms with van der Waals surface area (Å²) >= 11 is 0. The van der Waals surface area contributed by atoms with E-state index in [1.54, 1.807) is 0 Å². The van der Waals surface area contributed by atoms with Gasteiger partial charge in [0.2, 0.25) is 0 Å². The van der Waals surface area contributed by atoms with Crippen LogP contribution in [-0.4, -0.2) is 123 Å². The molecule has 2 atom stereocenters. The third-order valence-corrected chi connectivity index (χ3v) is 9.58. The first-order valence-corrected chi connectivity index (χ1v) is 18.8. The topological polar surface area (TPSA) is 103 Å². The average molecular weight is 746 g/mol. The largest absolute Gasteiger partial charge is 2.00 e. The Morgan fingerprint density at radius 2 is 0.926 bits per heavy atom. The monoisotopic (exact) mass is 745 g/mol. The summed E-state index contributed by atoms with van der Waals surface area (Å²) in [6.07, 6.45) is 4.52. The Labute approximate surface area is 343 Å². The van der Waals surface area contributed by atoms with Crippen molar-refractivity contribution in [3.05, 3.63) is 119 Å². The van der Waals surface area contributed by atoms with Gasteiger partial charge in [-0.15, -0.1) is 0 Å². The number of carboxylic acid groups (broad SMARTS) is 1. The van der Waals surface area contributed by atoms with E-state index in [2.05, 4.69) is 159 Å². The van der Waals surface area contributed by atoms with Gasteiger partial charge in [-0.25, -0.2) is 0 Å². The Morgan fingerprint density at radius 1 is 0.648 bits per heavy atom. The number of hydrogen-bond acceptors (Lipinski definition) is 6. The number of aliphatic carboxylic acids is 1. The molecule has 10 heteroatoms. The van der Waals surface area contributed by atoms with Gasteiger partial charge in [-0.3, -0.25) is 10.2 Å². The van der Waals surface area contributed by atoms with E-state index < -0.39 is 5.97 Å². The summed E-state index contributed by atoms with van der Waals surface area (Å²) in [5.74, 6) is 0.00789. The quantitative estimate of drug-likeness (QED) is 0.0908. The molecule has 2 aliphatic rings. The number of anilines is 4. The molecule has 9 nitrogen and oxygen atoms in total. The Bertz CT molecular complexity index is 1590. The summed E-state index contributed by atoms with van der Waals surface area (Å²) in [6, 6.07) is 35.5. The maximum atomic E-state index is 9.92. The second kappa shape index (κ2) is 21.7. The fourth-order valence-electron chi connectivity index (χ4n) is 7.41. The van der Waals surface area contributed by atoms with E-state index in [9.17, 15) is 4.79 Å². The molecule has 2 unspecified atom stereocenters. The number of para-hydroxylation sites is 4. The van der Waals surface area contributed by atoms with Gasteiger partial charge in [-0.1, -0.05) is 86.6 Å². The number of carbonyl (C=O) groups is 1. The minimum atomic E-state index is -0.993. The maximum Gasteiger partial charge on any atom is 2.00 e. The third-order valence-electron chi connectivity index (χ3n) is 9.58. The van der Waals surface area contributed by atoms with Crippen LogP contribution in [0.3, 0.4) is 0 Å². The molecular formula is C44H63MgN7O2. The van der Waals surface area contributed by atoms with Crippen molar-refractivity contribution < 1.29 is 12.8 Å². The molecule has 6 rings (SSSR count). The zero-order valence-corrected chi connectivity index (χ0v) is 35.0. The van der Waals surface area contributed by atoms with Gasteiger partial charge in [0, 0.05) is 56.0 Å². The molecule has 0 saturated heterocycles. The second-order valence-electron chi connectivity index (χ2n) is 15.1. The van der Waals surface area contributed by atoms with E-state index >= 15 is 0 Å². The van der Waals surface area contributed by atoms with Crippen molar-refractivity contribution in [1.82, 2.24) is 14.7 Å². The zero-order chi connectivity index (χ0) is 38.5. The van der Waals surface area contributed by atoms with E-state index in [-0.39, 0.29) is 38.4 Å². The van der Waals surface area contributed by atoms with Crippen molar-refractivity contribution in [1.29, 1.82) is 5.41 Å². The number of hydrogen-bond donors (Lipinski definition) is 3. The smallest absolute Gasteiger partial charge is 1.00 e. The van der Waals surface area contributed by atoms with Crippen molar-refractivity contribution in [3.63, 3.8) is 0 Å². The van der Waals surface area contributed by atoms with E-state index in [1.165, 1.54) is 52.1 Å². The number of fused-ring (bicyclic) bond motifs is 4. The Kier molecular flexibility index (Phi) is 17.8. The molecule has 288 valence electrons. The van der Waals surface area contributed by atoms with Crippen molar-refractivity contribution in [3.8, 4) is 0 Å². The fraction of sp³-hybridized carbons (Fsp3) is 0.409. The molecule has 2 aliphatic heterocycles. The summed E-state index contributed by atoms with van der Waals surface area (Å²) in [6.45, 7) is 8.81. The van der Waals surface area contributed by atoms with E-state index in [0.29, 0.717) is 11.8 Å². The van der Waals surface area contributed by atoms with Crippen LogP contribution in [-0.2, 0) is 30.5 Å². The average Bonchev–Trinajstić information content (AvgIpc) is 3.36. The van der Waals surface area contributed by atoms with Gasteiger partial charge < -0.3 is 38.2 Å². The predicted octanol–water partition coefficient (Wildman–Crippen LogP) is 6.98. The minimum absolute atomic E-state index is 0. The van der Waals surface area contributed by atoms with Crippen molar-refractivity contribution in [2.75, 3.05) is 77.8 Å². The first-order chi connectivity index (χ1) is 25.3. The van der Waals surface area contributed by atoms with E-state index in [0.717, 1.165) is 56.8 Å². The SMILES string of the molecule is CC(CN(C)C)CN1c2ccccc2CCc2ccccc21.CC(CN(C)C)CN1c2ccccc2CCc2ccccc21.CN(CC(=O)O)C(=N)N.[H-].[H-].[Mg+2]. The van der Waals surface area contributed by atoms with Crippen LogP contribution in [0.2, 0.25) is 0 Å². The van der Waals surface area contributed by atoms with Gasteiger partial charge in [0.1, 0.15) is 6.54 Å². The van der Waals surface area contributed by atoms with Crippen molar-refractivity contribution in [2.45, 2.75) is 39.5 Å². The Morgan fingerprint density at radius 3 is 1.15 bits per heavy atom. The van der Waals surface area contributed by atoms with Crippen LogP contribution in [0.4, 0.5) is 22.7 Å². The van der Waals surface area contributed by atoms with Crippen LogP contribution in [0.25, 0.3) is 0 Å². The third kappa shape index (κ3) is 13.0. The van der Waals surface area contributed by atoms with Gasteiger partial charge in [0.05, 0.1) is 0 Å². The van der Waals surface area contributed by atoms with Crippen LogP contribution in [0.1, 0.15) is 39.0 Å². The standard InChI is InChI=1S/2C20H26N2.C4H9N3O2.Mg.2H/c2*1-16(14-21(2)3)15-22-19-10-6-4-8-17(19)12-13-18-9-5-7-11-20(18)22;1-7(4(5)6)2-3(8)9;;;/h2*4-11,16H,12-15H2,1-3H3;2H2,1H3,(H3,5,6)(H,8,9);;;/q;;;+2;2*-1. The fourth-order valence-corrected chi connectivity index (χ4v) is 7.41. The normalized spacial score (nSPS) is 13.8. The number of likely N-dealkylation sites (N-methyl/N-ethyl adjacent to an activating group) is 1. The molecule has 0 aromatic heterocycles. The maximum absolute atomic E-state index is 9.92. The molecule has 0 radical (unpaired) electrons. The summed E-state index contributed by atoms with van der Waals surface area (Å²) < 4.78 is 0. The summed E-state index contributed by atoms with van der Waals surface area (Å²) in [5.41, 5.74) is 16.4. The van der Waals surface area contributed by atoms with Crippen molar-refractivity contribution in [2.24, 2.45) is 17.6 Å². The van der Waals surface area contributed by atoms with Crippen LogP contribution in [0, 0.1) is 17.2 Å². The molecule has 4 aromatic rings. The molecule has 0 amide bonds. The summed E-state index contributed by atoms with van der Waals surface area (Å²) in [4.78, 5) is 20.7. The van der Waals surface area contributed by atoms with Gasteiger partial charge in [0.25, 0.3) is 0 Å². The number of nitrogens with zero attached hydrogens (tertiary/aromatic N) is 5. The molecule has 0 fully saturated rings. The first-order valence-electron chi connectivity index (χ1n) is 18.8. The van der Waals surface area contributed by atoms with Gasteiger partial charge >= 0.3 is 29.0 Å². The number of nitrogens with two attached hydrogens (primary N) is 1. The zero-order valence-electron chi connectivity index (χ0n) is 35.6. The molecule has 4 aromatic carbocycles. The Hall–Kier alpha value is -4.09. The summed E-state index contributed by atoms with van der Waals surface area (Å²) in [7, 11) is 10.1. The minimum Gasteiger partial charge on any atom is -1.00 e. The molecule has 0 saturated carbocycles.